The second-order valence-electron chi connectivity index (χ2n) is 8.30. The first-order valence-electron chi connectivity index (χ1n) is 10.4. The molecule has 3 fully saturated rings. The number of carbonyl (C=O) groups excluding carboxylic acids is 3. The van der Waals surface area contributed by atoms with Crippen LogP contribution in [0.25, 0.3) is 0 Å². The van der Waals surface area contributed by atoms with E-state index in [1.54, 1.807) is 0 Å². The summed E-state index contributed by atoms with van der Waals surface area (Å²) in [6.45, 7) is 0. The number of esters is 1. The van der Waals surface area contributed by atoms with Crippen LogP contribution in [0.3, 0.4) is 0 Å². The van der Waals surface area contributed by atoms with E-state index in [0.717, 1.165) is 16.2 Å². The number of aliphatic carboxylic acids is 3. The van der Waals surface area contributed by atoms with Gasteiger partial charge in [0.1, 0.15) is 11.1 Å². The molecule has 0 spiro atoms. The minimum atomic E-state index is -2.32. The van der Waals surface area contributed by atoms with Crippen molar-refractivity contribution in [2.45, 2.75) is 36.5 Å². The number of oxime groups is 1. The second kappa shape index (κ2) is 9.51. The molecule has 6 atom stereocenters. The smallest absolute Gasteiger partial charge is 0.370 e. The Kier molecular flexibility index (Phi) is 6.72. The first-order chi connectivity index (χ1) is 17.4. The molecule has 3 aliphatic heterocycles. The number of ketones is 1. The number of nitrogen functional groups attached to an aromatic ring is 1. The molecule has 0 aromatic carbocycles. The van der Waals surface area contributed by atoms with Gasteiger partial charge in [-0.1, -0.05) is 5.16 Å². The van der Waals surface area contributed by atoms with E-state index in [-0.39, 0.29) is 23.0 Å². The molecule has 3 aliphatic rings. The molecular weight excluding hydrogens is 540 g/mol. The Labute approximate surface area is 212 Å². The van der Waals surface area contributed by atoms with Gasteiger partial charge in [-0.25, -0.2) is 14.6 Å². The number of aromatic nitrogens is 1. The Balaban J connectivity index is 1.60. The Morgan fingerprint density at radius 2 is 2.03 bits per heavy atom. The average molecular weight is 559 g/mol. The van der Waals surface area contributed by atoms with Gasteiger partial charge in [0.15, 0.2) is 16.6 Å². The summed E-state index contributed by atoms with van der Waals surface area (Å²) in [5.41, 5.74) is 2.55. The van der Waals surface area contributed by atoms with Crippen molar-refractivity contribution in [3.63, 3.8) is 0 Å². The number of hydrogen-bond acceptors (Lipinski definition) is 13. The summed E-state index contributed by atoms with van der Waals surface area (Å²) in [7, 11) is -1.83. The number of ether oxygens (including phenoxy) is 1. The number of Topliss-reactive ketones (excluding diaryl/α,β-unsaturated/α-hetero) is 1. The summed E-state index contributed by atoms with van der Waals surface area (Å²) in [5.74, 6) is -10.0. The van der Waals surface area contributed by atoms with Gasteiger partial charge >= 0.3 is 23.9 Å². The standard InChI is InChI=1S/C19H18N4O12S2/c20-18-21-8(4-36-18)13(22-35-10(16(29)30)3-11(25)26)9(24)2-7-14(28)23-15(7)37(33)5-6-1-12(27)34-19(6,23)17(31)32/h4,6-7,10,15H,1-3,5H2,(H2,20,21)(H,25,26)(H,29,30)(H,31,32)/b22-13-/t6-,7+,10+,15+,19+,37-/m0/s1. The highest BCUT2D eigenvalue weighted by Crippen LogP contribution is 2.50. The van der Waals surface area contributed by atoms with Crippen LogP contribution < -0.4 is 5.73 Å². The predicted molar refractivity (Wildman–Crippen MR) is 119 cm³/mol. The number of carboxylic acid groups (broad SMARTS) is 3. The predicted octanol–water partition coefficient (Wildman–Crippen LogP) is -1.78. The highest BCUT2D eigenvalue weighted by Gasteiger charge is 2.72. The molecule has 0 radical (unpaired) electrons. The van der Waals surface area contributed by atoms with E-state index >= 15 is 0 Å². The minimum Gasteiger partial charge on any atom is -0.481 e. The molecule has 0 aliphatic carbocycles. The Morgan fingerprint density at radius 1 is 1.32 bits per heavy atom. The molecule has 198 valence electrons. The fourth-order valence-electron chi connectivity index (χ4n) is 4.42. The van der Waals surface area contributed by atoms with E-state index in [2.05, 4.69) is 10.1 Å². The maximum Gasteiger partial charge on any atom is 0.370 e. The maximum atomic E-state index is 13.2. The summed E-state index contributed by atoms with van der Waals surface area (Å²) in [5, 5.41) is 31.3. The number of carbonyl (C=O) groups is 6. The average Bonchev–Trinajstić information content (AvgIpc) is 3.37. The summed E-state index contributed by atoms with van der Waals surface area (Å²) in [6.07, 6.45) is -3.92. The molecule has 18 heteroatoms. The molecule has 0 saturated carbocycles. The number of fused-ring (bicyclic) bond motifs is 3. The normalized spacial score (nSPS) is 29.4. The first-order valence-corrected chi connectivity index (χ1v) is 12.7. The molecule has 3 saturated heterocycles. The lowest BCUT2D eigenvalue weighted by atomic mass is 9.84. The van der Waals surface area contributed by atoms with Gasteiger partial charge in [-0.2, -0.15) is 0 Å². The van der Waals surface area contributed by atoms with E-state index in [1.807, 2.05) is 0 Å². The minimum absolute atomic E-state index is 0.00703. The van der Waals surface area contributed by atoms with Crippen molar-refractivity contribution in [1.29, 1.82) is 0 Å². The van der Waals surface area contributed by atoms with Gasteiger partial charge in [0, 0.05) is 28.4 Å². The van der Waals surface area contributed by atoms with Crippen molar-refractivity contribution >= 4 is 68.5 Å². The number of nitrogens with zero attached hydrogens (tertiary/aromatic N) is 3. The summed E-state index contributed by atoms with van der Waals surface area (Å²) in [4.78, 5) is 81.7. The van der Waals surface area contributed by atoms with Gasteiger partial charge < -0.3 is 30.6 Å². The van der Waals surface area contributed by atoms with E-state index in [0.29, 0.717) is 0 Å². The van der Waals surface area contributed by atoms with E-state index in [4.69, 9.17) is 25.5 Å². The quantitative estimate of drug-likeness (QED) is 0.107. The Hall–Kier alpha value is -3.93. The largest absolute Gasteiger partial charge is 0.481 e. The molecule has 16 nitrogen and oxygen atoms in total. The van der Waals surface area contributed by atoms with Crippen LogP contribution in [-0.4, -0.2) is 93.6 Å². The van der Waals surface area contributed by atoms with Crippen LogP contribution in [0.2, 0.25) is 0 Å². The van der Waals surface area contributed by atoms with Gasteiger partial charge in [-0.3, -0.25) is 28.3 Å². The van der Waals surface area contributed by atoms with Gasteiger partial charge in [-0.15, -0.1) is 11.3 Å². The van der Waals surface area contributed by atoms with Gasteiger partial charge in [0.25, 0.3) is 5.72 Å². The molecule has 0 bridgehead atoms. The Bertz CT molecular complexity index is 1280. The van der Waals surface area contributed by atoms with Crippen molar-refractivity contribution in [2.24, 2.45) is 17.0 Å². The van der Waals surface area contributed by atoms with Crippen LogP contribution in [0.15, 0.2) is 10.5 Å². The number of thiazole rings is 1. The zero-order valence-corrected chi connectivity index (χ0v) is 20.1. The zero-order valence-electron chi connectivity index (χ0n) is 18.5. The molecule has 1 amide bonds. The van der Waals surface area contributed by atoms with E-state index < -0.39 is 94.0 Å². The van der Waals surface area contributed by atoms with E-state index in [9.17, 15) is 38.1 Å². The van der Waals surface area contributed by atoms with Gasteiger partial charge in [-0.05, 0) is 0 Å². The zero-order chi connectivity index (χ0) is 27.2. The van der Waals surface area contributed by atoms with Crippen molar-refractivity contribution in [3.05, 3.63) is 11.1 Å². The summed E-state index contributed by atoms with van der Waals surface area (Å²) < 4.78 is 17.9. The molecule has 4 heterocycles. The number of rotatable bonds is 10. The van der Waals surface area contributed by atoms with Crippen LogP contribution >= 0.6 is 11.3 Å². The number of nitrogens with two attached hydrogens (primary N) is 1. The van der Waals surface area contributed by atoms with Crippen LogP contribution in [0, 0.1) is 11.8 Å². The molecule has 37 heavy (non-hydrogen) atoms. The summed E-state index contributed by atoms with van der Waals surface area (Å²) in [6, 6.07) is 0. The number of β-lactam (4-membered cyclic amide) rings is 1. The lowest BCUT2D eigenvalue weighted by Crippen LogP contribution is -2.78. The van der Waals surface area contributed by atoms with Crippen molar-refractivity contribution in [2.75, 3.05) is 11.5 Å². The van der Waals surface area contributed by atoms with Crippen LogP contribution in [-0.2, 0) is 49.1 Å². The highest BCUT2D eigenvalue weighted by molar-refractivity contribution is 7.85. The molecule has 5 N–H and O–H groups in total. The third-order valence-electron chi connectivity index (χ3n) is 6.03. The monoisotopic (exact) mass is 558 g/mol. The molecular formula is C19H18N4O12S2. The van der Waals surface area contributed by atoms with Crippen LogP contribution in [0.1, 0.15) is 25.0 Å². The van der Waals surface area contributed by atoms with Gasteiger partial charge in [0.05, 0.1) is 24.7 Å². The van der Waals surface area contributed by atoms with Crippen molar-refractivity contribution < 1.29 is 57.9 Å². The highest BCUT2D eigenvalue weighted by atomic mass is 32.2. The first kappa shape index (κ1) is 26.1. The lowest BCUT2D eigenvalue weighted by Gasteiger charge is -2.56. The number of anilines is 1. The molecule has 4 rings (SSSR count). The second-order valence-corrected chi connectivity index (χ2v) is 10.8. The third-order valence-corrected chi connectivity index (χ3v) is 8.51. The van der Waals surface area contributed by atoms with Crippen LogP contribution in [0.5, 0.6) is 0 Å². The van der Waals surface area contributed by atoms with Crippen molar-refractivity contribution in [1.82, 2.24) is 9.88 Å². The fraction of sp³-hybridized carbons (Fsp3) is 0.474. The lowest BCUT2D eigenvalue weighted by molar-refractivity contribution is -0.220. The molecule has 1 aromatic heterocycles. The van der Waals surface area contributed by atoms with E-state index in [1.165, 1.54) is 5.38 Å². The Morgan fingerprint density at radius 3 is 2.59 bits per heavy atom. The van der Waals surface area contributed by atoms with Crippen LogP contribution in [0.4, 0.5) is 5.13 Å². The molecule has 1 aromatic rings. The van der Waals surface area contributed by atoms with Gasteiger partial charge in [0.2, 0.25) is 12.0 Å². The topological polar surface area (TPSA) is 253 Å². The van der Waals surface area contributed by atoms with Crippen molar-refractivity contribution in [3.8, 4) is 0 Å². The maximum absolute atomic E-state index is 13.2. The number of hydrogen-bond donors (Lipinski definition) is 4. The SMILES string of the molecule is Nc1nc(/C(=N/O[C@H](CC(=O)O)C(=O)O)C(=O)C[C@@H]2C(=O)N3[C@@H]2[S@@](=O)C[C@@H]2CC(=O)O[C@@]23C(=O)O)cs1. The third kappa shape index (κ3) is 4.41. The number of carboxylic acids is 3. The summed E-state index contributed by atoms with van der Waals surface area (Å²) >= 11 is 0.902. The fourth-order valence-corrected chi connectivity index (χ4v) is 6.98. The number of amides is 1. The molecule has 0 unspecified atom stereocenters.